The van der Waals surface area contributed by atoms with E-state index >= 15 is 0 Å². The normalized spacial score (nSPS) is 16.3. The molecule has 1 heterocycles. The molecule has 5 heteroatoms. The highest BCUT2D eigenvalue weighted by Crippen LogP contribution is 2.23. The second-order valence-electron chi connectivity index (χ2n) is 6.00. The van der Waals surface area contributed by atoms with Gasteiger partial charge in [0.1, 0.15) is 0 Å². The maximum Gasteiger partial charge on any atom is 0.290 e. The van der Waals surface area contributed by atoms with Crippen LogP contribution in [-0.2, 0) is 9.53 Å². The van der Waals surface area contributed by atoms with Crippen molar-refractivity contribution >= 4 is 22.9 Å². The van der Waals surface area contributed by atoms with Gasteiger partial charge in [0, 0.05) is 13.2 Å². The fraction of sp³-hybridized carbons (Fsp3) is 0.778. The SMILES string of the molecule is CCCCCCCCCCOCCCC/C=C1/SC(=O)NC1=O. The van der Waals surface area contributed by atoms with Crippen LogP contribution < -0.4 is 5.32 Å². The molecule has 0 aromatic heterocycles. The summed E-state index contributed by atoms with van der Waals surface area (Å²) in [6, 6.07) is 0. The molecular formula is C18H31NO3S. The molecule has 132 valence electrons. The number of rotatable bonds is 14. The lowest BCUT2D eigenvalue weighted by Gasteiger charge is -2.04. The van der Waals surface area contributed by atoms with Gasteiger partial charge in [0.15, 0.2) is 0 Å². The van der Waals surface area contributed by atoms with Crippen LogP contribution in [0.2, 0.25) is 0 Å². The van der Waals surface area contributed by atoms with Gasteiger partial charge in [-0.05, 0) is 37.4 Å². The second kappa shape index (κ2) is 13.6. The summed E-state index contributed by atoms with van der Waals surface area (Å²) in [6.07, 6.45) is 15.3. The van der Waals surface area contributed by atoms with E-state index in [0.29, 0.717) is 4.91 Å². The van der Waals surface area contributed by atoms with Gasteiger partial charge in [0.05, 0.1) is 4.91 Å². The van der Waals surface area contributed by atoms with Crippen LogP contribution in [0.25, 0.3) is 0 Å². The van der Waals surface area contributed by atoms with Crippen LogP contribution in [0.3, 0.4) is 0 Å². The first-order chi connectivity index (χ1) is 11.2. The summed E-state index contributed by atoms with van der Waals surface area (Å²) in [5, 5.41) is 1.99. The van der Waals surface area contributed by atoms with Gasteiger partial charge in [-0.2, -0.15) is 0 Å². The monoisotopic (exact) mass is 341 g/mol. The van der Waals surface area contributed by atoms with Gasteiger partial charge < -0.3 is 4.74 Å². The fourth-order valence-electron chi connectivity index (χ4n) is 2.48. The van der Waals surface area contributed by atoms with E-state index in [1.165, 1.54) is 44.9 Å². The van der Waals surface area contributed by atoms with Crippen molar-refractivity contribution in [2.75, 3.05) is 13.2 Å². The van der Waals surface area contributed by atoms with E-state index in [0.717, 1.165) is 50.7 Å². The standard InChI is InChI=1S/C18H31NO3S/c1-2-3-4-5-6-7-8-11-14-22-15-12-9-10-13-16-17(20)19-18(21)23-16/h13H,2-12,14-15H2,1H3,(H,19,20,21)/b16-13+. The third-order valence-electron chi connectivity index (χ3n) is 3.86. The number of hydrogen-bond acceptors (Lipinski definition) is 4. The third kappa shape index (κ3) is 10.6. The highest BCUT2D eigenvalue weighted by molar-refractivity contribution is 8.18. The first-order valence-electron chi connectivity index (χ1n) is 9.05. The van der Waals surface area contributed by atoms with Crippen LogP contribution in [0.15, 0.2) is 11.0 Å². The molecule has 1 N–H and O–H groups in total. The Bertz CT molecular complexity index is 382. The Hall–Kier alpha value is -0.810. The molecular weight excluding hydrogens is 310 g/mol. The van der Waals surface area contributed by atoms with Crippen LogP contribution in [0.1, 0.15) is 77.6 Å². The molecule has 0 aromatic carbocycles. The zero-order valence-corrected chi connectivity index (χ0v) is 15.2. The highest BCUT2D eigenvalue weighted by atomic mass is 32.2. The van der Waals surface area contributed by atoms with Crippen molar-refractivity contribution < 1.29 is 14.3 Å². The van der Waals surface area contributed by atoms with Gasteiger partial charge in [-0.1, -0.05) is 57.9 Å². The van der Waals surface area contributed by atoms with Gasteiger partial charge in [-0.3, -0.25) is 14.9 Å². The van der Waals surface area contributed by atoms with Crippen molar-refractivity contribution in [1.29, 1.82) is 0 Å². The maximum absolute atomic E-state index is 11.3. The van der Waals surface area contributed by atoms with Gasteiger partial charge >= 0.3 is 0 Å². The molecule has 1 rings (SSSR count). The molecule has 0 radical (unpaired) electrons. The van der Waals surface area contributed by atoms with Crippen LogP contribution in [0, 0.1) is 0 Å². The Morgan fingerprint density at radius 2 is 1.52 bits per heavy atom. The number of allylic oxidation sites excluding steroid dienone is 1. The lowest BCUT2D eigenvalue weighted by Crippen LogP contribution is -2.17. The van der Waals surface area contributed by atoms with Crippen LogP contribution in [-0.4, -0.2) is 24.4 Å². The number of thioether (sulfide) groups is 1. The van der Waals surface area contributed by atoms with Gasteiger partial charge in [-0.25, -0.2) is 0 Å². The average molecular weight is 342 g/mol. The first-order valence-corrected chi connectivity index (χ1v) is 9.86. The molecule has 2 amide bonds. The third-order valence-corrected chi connectivity index (χ3v) is 4.72. The molecule has 23 heavy (non-hydrogen) atoms. The minimum atomic E-state index is -0.269. The second-order valence-corrected chi connectivity index (χ2v) is 7.01. The van der Waals surface area contributed by atoms with E-state index in [1.807, 2.05) is 6.08 Å². The Kier molecular flexibility index (Phi) is 12.0. The Morgan fingerprint density at radius 1 is 0.913 bits per heavy atom. The number of imide groups is 1. The summed E-state index contributed by atoms with van der Waals surface area (Å²) in [6.45, 7) is 3.90. The summed E-state index contributed by atoms with van der Waals surface area (Å²) in [5.74, 6) is -0.258. The molecule has 0 spiro atoms. The maximum atomic E-state index is 11.3. The molecule has 1 aliphatic rings. The van der Waals surface area contributed by atoms with Gasteiger partial charge in [0.25, 0.3) is 11.1 Å². The predicted octanol–water partition coefficient (Wildman–Crippen LogP) is 5.18. The molecule has 0 saturated carbocycles. The Morgan fingerprint density at radius 3 is 2.13 bits per heavy atom. The van der Waals surface area contributed by atoms with E-state index in [9.17, 15) is 9.59 Å². The van der Waals surface area contributed by atoms with Crippen molar-refractivity contribution in [3.8, 4) is 0 Å². The molecule has 0 aliphatic carbocycles. The largest absolute Gasteiger partial charge is 0.381 e. The average Bonchev–Trinajstić information content (AvgIpc) is 2.85. The number of unbranched alkanes of at least 4 members (excludes halogenated alkanes) is 9. The van der Waals surface area contributed by atoms with Gasteiger partial charge in [-0.15, -0.1) is 0 Å². The molecule has 0 unspecified atom stereocenters. The topological polar surface area (TPSA) is 55.4 Å². The zero-order chi connectivity index (χ0) is 16.8. The highest BCUT2D eigenvalue weighted by Gasteiger charge is 2.24. The Balaban J connectivity index is 1.81. The molecule has 0 bridgehead atoms. The zero-order valence-electron chi connectivity index (χ0n) is 14.4. The summed E-state index contributed by atoms with van der Waals surface area (Å²) < 4.78 is 5.63. The molecule has 0 aromatic rings. The van der Waals surface area contributed by atoms with Crippen molar-refractivity contribution in [3.63, 3.8) is 0 Å². The van der Waals surface area contributed by atoms with E-state index in [2.05, 4.69) is 12.2 Å². The Labute approximate surface area is 144 Å². The van der Waals surface area contributed by atoms with Crippen LogP contribution >= 0.6 is 11.8 Å². The number of carbonyl (C=O) groups excluding carboxylic acids is 2. The summed E-state index contributed by atoms with van der Waals surface area (Å²) in [5.41, 5.74) is 0. The van der Waals surface area contributed by atoms with Crippen molar-refractivity contribution in [1.82, 2.24) is 5.32 Å². The van der Waals surface area contributed by atoms with E-state index in [1.54, 1.807) is 0 Å². The first kappa shape index (κ1) is 20.2. The van der Waals surface area contributed by atoms with Crippen LogP contribution in [0.5, 0.6) is 0 Å². The minimum Gasteiger partial charge on any atom is -0.381 e. The van der Waals surface area contributed by atoms with E-state index in [4.69, 9.17) is 4.74 Å². The van der Waals surface area contributed by atoms with Crippen molar-refractivity contribution in [2.24, 2.45) is 0 Å². The molecule has 1 aliphatic heterocycles. The lowest BCUT2D eigenvalue weighted by atomic mass is 10.1. The fourth-order valence-corrected chi connectivity index (χ4v) is 3.17. The summed E-state index contributed by atoms with van der Waals surface area (Å²) >= 11 is 0.989. The molecule has 4 nitrogen and oxygen atoms in total. The quantitative estimate of drug-likeness (QED) is 0.349. The van der Waals surface area contributed by atoms with Crippen molar-refractivity contribution in [3.05, 3.63) is 11.0 Å². The number of nitrogens with one attached hydrogen (secondary N) is 1. The number of carbonyl (C=O) groups is 2. The number of hydrogen-bond donors (Lipinski definition) is 1. The van der Waals surface area contributed by atoms with Gasteiger partial charge in [0.2, 0.25) is 0 Å². The van der Waals surface area contributed by atoms with E-state index < -0.39 is 0 Å². The number of amides is 2. The van der Waals surface area contributed by atoms with E-state index in [-0.39, 0.29) is 11.1 Å². The minimum absolute atomic E-state index is 0.258. The lowest BCUT2D eigenvalue weighted by molar-refractivity contribution is -0.115. The van der Waals surface area contributed by atoms with Crippen molar-refractivity contribution in [2.45, 2.75) is 77.6 Å². The smallest absolute Gasteiger partial charge is 0.290 e. The molecule has 1 saturated heterocycles. The predicted molar refractivity (Wildman–Crippen MR) is 96.5 cm³/mol. The number of ether oxygens (including phenoxy) is 1. The molecule has 1 fully saturated rings. The van der Waals surface area contributed by atoms with Crippen LogP contribution in [0.4, 0.5) is 4.79 Å². The molecule has 0 atom stereocenters. The summed E-state index contributed by atoms with van der Waals surface area (Å²) in [4.78, 5) is 22.8. The summed E-state index contributed by atoms with van der Waals surface area (Å²) in [7, 11) is 0.